The SMILES string of the molecule is COc1cc(-c2nc(C(C)(C)C)[nH]c2-c2ccnc(Nc3cccc(C(F)(F)F)c3)n2)cnc1N. The van der Waals surface area contributed by atoms with Crippen LogP contribution in [0, 0.1) is 0 Å². The van der Waals surface area contributed by atoms with Gasteiger partial charge in [-0.3, -0.25) is 0 Å². The molecule has 35 heavy (non-hydrogen) atoms. The third-order valence-corrected chi connectivity index (χ3v) is 5.15. The third-order valence-electron chi connectivity index (χ3n) is 5.15. The van der Waals surface area contributed by atoms with Gasteiger partial charge < -0.3 is 20.8 Å². The van der Waals surface area contributed by atoms with Gasteiger partial charge in [-0.1, -0.05) is 26.8 Å². The second kappa shape index (κ2) is 8.90. The van der Waals surface area contributed by atoms with E-state index in [-0.39, 0.29) is 22.9 Å². The Morgan fingerprint density at radius 3 is 2.49 bits per heavy atom. The van der Waals surface area contributed by atoms with Crippen LogP contribution < -0.4 is 15.8 Å². The minimum absolute atomic E-state index is 0.132. The van der Waals surface area contributed by atoms with Gasteiger partial charge in [0.2, 0.25) is 5.95 Å². The second-order valence-electron chi connectivity index (χ2n) is 8.84. The predicted octanol–water partition coefficient (Wildman–Crippen LogP) is 5.58. The maximum Gasteiger partial charge on any atom is 0.416 e. The van der Waals surface area contributed by atoms with Gasteiger partial charge in [-0.15, -0.1) is 0 Å². The fourth-order valence-corrected chi connectivity index (χ4v) is 3.33. The molecule has 0 aliphatic carbocycles. The largest absolute Gasteiger partial charge is 0.493 e. The highest BCUT2D eigenvalue weighted by molar-refractivity contribution is 5.78. The number of aromatic amines is 1. The molecule has 4 rings (SSSR count). The van der Waals surface area contributed by atoms with Crippen LogP contribution in [0.2, 0.25) is 0 Å². The lowest BCUT2D eigenvalue weighted by Gasteiger charge is -2.14. The molecule has 0 aliphatic heterocycles. The van der Waals surface area contributed by atoms with Crippen molar-refractivity contribution >= 4 is 17.5 Å². The summed E-state index contributed by atoms with van der Waals surface area (Å²) in [4.78, 5) is 21.0. The first-order chi connectivity index (χ1) is 16.5. The Bertz CT molecular complexity index is 1360. The summed E-state index contributed by atoms with van der Waals surface area (Å²) >= 11 is 0. The lowest BCUT2D eigenvalue weighted by molar-refractivity contribution is -0.137. The summed E-state index contributed by atoms with van der Waals surface area (Å²) in [5, 5.41) is 2.84. The maximum atomic E-state index is 13.1. The van der Waals surface area contributed by atoms with Gasteiger partial charge in [-0.2, -0.15) is 13.2 Å². The molecular formula is C24H24F3N7O. The van der Waals surface area contributed by atoms with E-state index in [0.29, 0.717) is 34.2 Å². The van der Waals surface area contributed by atoms with E-state index in [1.807, 2.05) is 20.8 Å². The van der Waals surface area contributed by atoms with E-state index in [4.69, 9.17) is 15.5 Å². The van der Waals surface area contributed by atoms with Crippen LogP contribution in [0.15, 0.2) is 48.8 Å². The van der Waals surface area contributed by atoms with Crippen LogP contribution >= 0.6 is 0 Å². The number of anilines is 3. The van der Waals surface area contributed by atoms with Crippen LogP contribution in [-0.2, 0) is 11.6 Å². The van der Waals surface area contributed by atoms with Crippen molar-refractivity contribution in [2.75, 3.05) is 18.2 Å². The number of alkyl halides is 3. The Balaban J connectivity index is 1.77. The van der Waals surface area contributed by atoms with Crippen molar-refractivity contribution in [1.29, 1.82) is 0 Å². The molecule has 0 saturated carbocycles. The van der Waals surface area contributed by atoms with Crippen LogP contribution in [0.1, 0.15) is 32.2 Å². The summed E-state index contributed by atoms with van der Waals surface area (Å²) in [6.07, 6.45) is -1.35. The van der Waals surface area contributed by atoms with E-state index in [9.17, 15) is 13.2 Å². The summed E-state index contributed by atoms with van der Waals surface area (Å²) in [7, 11) is 1.50. The van der Waals surface area contributed by atoms with Gasteiger partial charge in [0.25, 0.3) is 0 Å². The maximum absolute atomic E-state index is 13.1. The minimum Gasteiger partial charge on any atom is -0.493 e. The number of aromatic nitrogens is 5. The number of hydrogen-bond donors (Lipinski definition) is 3. The van der Waals surface area contributed by atoms with Gasteiger partial charge in [0.1, 0.15) is 5.82 Å². The highest BCUT2D eigenvalue weighted by atomic mass is 19.4. The zero-order valence-electron chi connectivity index (χ0n) is 19.5. The summed E-state index contributed by atoms with van der Waals surface area (Å²) in [6.45, 7) is 6.05. The number of nitrogens with two attached hydrogens (primary N) is 1. The minimum atomic E-state index is -4.46. The highest BCUT2D eigenvalue weighted by Gasteiger charge is 2.30. The van der Waals surface area contributed by atoms with Gasteiger partial charge in [-0.05, 0) is 30.3 Å². The number of nitrogen functional groups attached to an aromatic ring is 1. The zero-order chi connectivity index (χ0) is 25.4. The lowest BCUT2D eigenvalue weighted by atomic mass is 9.96. The summed E-state index contributed by atoms with van der Waals surface area (Å²) in [5.41, 5.74) is 7.33. The number of imidazole rings is 1. The molecule has 0 atom stereocenters. The number of hydrogen-bond acceptors (Lipinski definition) is 7. The van der Waals surface area contributed by atoms with Crippen LogP contribution in [0.5, 0.6) is 5.75 Å². The van der Waals surface area contributed by atoms with Crippen LogP contribution in [0.25, 0.3) is 22.6 Å². The summed E-state index contributed by atoms with van der Waals surface area (Å²) in [6, 6.07) is 8.25. The number of benzene rings is 1. The Morgan fingerprint density at radius 2 is 1.80 bits per heavy atom. The van der Waals surface area contributed by atoms with Crippen LogP contribution in [0.3, 0.4) is 0 Å². The first-order valence-electron chi connectivity index (χ1n) is 10.6. The number of ether oxygens (including phenoxy) is 1. The van der Waals surface area contributed by atoms with Crippen LogP contribution in [0.4, 0.5) is 30.6 Å². The Hall–Kier alpha value is -4.15. The Kier molecular flexibility index (Phi) is 6.10. The number of nitrogens with one attached hydrogen (secondary N) is 2. The Labute approximate surface area is 199 Å². The molecule has 182 valence electrons. The van der Waals surface area contributed by atoms with E-state index in [0.717, 1.165) is 12.1 Å². The van der Waals surface area contributed by atoms with E-state index in [2.05, 4.69) is 25.3 Å². The number of H-pyrrole nitrogens is 1. The van der Waals surface area contributed by atoms with Crippen molar-refractivity contribution in [1.82, 2.24) is 24.9 Å². The number of nitrogens with zero attached hydrogens (tertiary/aromatic N) is 4. The molecular weight excluding hydrogens is 459 g/mol. The average Bonchev–Trinajstić information content (AvgIpc) is 3.25. The lowest BCUT2D eigenvalue weighted by Crippen LogP contribution is -2.13. The standard InChI is InChI=1S/C24H24F3N7O/c1-23(2,3)21-33-18(13-10-17(35-4)20(28)30-12-13)19(34-21)16-8-9-29-22(32-16)31-15-7-5-6-14(11-15)24(25,26)27/h5-12H,1-4H3,(H2,28,30)(H,33,34)(H,29,31,32). The van der Waals surface area contributed by atoms with Crippen molar-refractivity contribution in [2.24, 2.45) is 0 Å². The predicted molar refractivity (Wildman–Crippen MR) is 127 cm³/mol. The van der Waals surface area contributed by atoms with Crippen molar-refractivity contribution < 1.29 is 17.9 Å². The van der Waals surface area contributed by atoms with Gasteiger partial charge in [-0.25, -0.2) is 19.9 Å². The third kappa shape index (κ3) is 5.18. The molecule has 0 saturated heterocycles. The topological polar surface area (TPSA) is 115 Å². The van der Waals surface area contributed by atoms with Crippen molar-refractivity contribution in [2.45, 2.75) is 32.4 Å². The number of methoxy groups -OCH3 is 1. The van der Waals surface area contributed by atoms with Gasteiger partial charge in [0.15, 0.2) is 11.6 Å². The Morgan fingerprint density at radius 1 is 1.03 bits per heavy atom. The molecule has 0 amide bonds. The molecule has 0 radical (unpaired) electrons. The van der Waals surface area contributed by atoms with Gasteiger partial charge >= 0.3 is 6.18 Å². The molecule has 1 aromatic carbocycles. The molecule has 0 fully saturated rings. The number of pyridine rings is 1. The van der Waals surface area contributed by atoms with Crippen molar-refractivity contribution in [3.63, 3.8) is 0 Å². The molecule has 3 heterocycles. The quantitative estimate of drug-likeness (QED) is 0.339. The molecule has 0 aliphatic rings. The fourth-order valence-electron chi connectivity index (χ4n) is 3.33. The number of halogens is 3. The first-order valence-corrected chi connectivity index (χ1v) is 10.6. The molecule has 8 nitrogen and oxygen atoms in total. The average molecular weight is 483 g/mol. The molecule has 3 aromatic heterocycles. The molecule has 0 unspecified atom stereocenters. The molecule has 4 aromatic rings. The molecule has 11 heteroatoms. The zero-order valence-corrected chi connectivity index (χ0v) is 19.5. The summed E-state index contributed by atoms with van der Waals surface area (Å²) in [5.74, 6) is 1.50. The highest BCUT2D eigenvalue weighted by Crippen LogP contribution is 2.35. The monoisotopic (exact) mass is 483 g/mol. The van der Waals surface area contributed by atoms with Gasteiger partial charge in [0, 0.05) is 29.1 Å². The van der Waals surface area contributed by atoms with Gasteiger partial charge in [0.05, 0.1) is 29.8 Å². The smallest absolute Gasteiger partial charge is 0.416 e. The van der Waals surface area contributed by atoms with E-state index in [1.165, 1.54) is 25.4 Å². The number of rotatable bonds is 5. The van der Waals surface area contributed by atoms with Crippen LogP contribution in [-0.4, -0.2) is 32.0 Å². The molecule has 0 spiro atoms. The first kappa shape index (κ1) is 24.0. The van der Waals surface area contributed by atoms with E-state index in [1.54, 1.807) is 18.3 Å². The van der Waals surface area contributed by atoms with Crippen molar-refractivity contribution in [3.8, 4) is 28.4 Å². The summed E-state index contributed by atoms with van der Waals surface area (Å²) < 4.78 is 44.6. The fraction of sp³-hybridized carbons (Fsp3) is 0.250. The molecule has 0 bridgehead atoms. The molecule has 4 N–H and O–H groups in total. The van der Waals surface area contributed by atoms with E-state index < -0.39 is 11.7 Å². The normalized spacial score (nSPS) is 12.0. The van der Waals surface area contributed by atoms with Crippen molar-refractivity contribution in [3.05, 3.63) is 60.2 Å². The van der Waals surface area contributed by atoms with E-state index >= 15 is 0 Å². The second-order valence-corrected chi connectivity index (χ2v) is 8.84.